The third-order valence-corrected chi connectivity index (χ3v) is 7.54. The SMILES string of the molecule is CCn1cc(O)n(C(C)(C)CCC(=O)CCCC(=O)CCC(C)(C)n2c(O)cn(CC)c2=S)c1=S. The highest BCUT2D eigenvalue weighted by Crippen LogP contribution is 2.30. The summed E-state index contributed by atoms with van der Waals surface area (Å²) in [5.41, 5.74) is -0.996. The average Bonchev–Trinajstić information content (AvgIpc) is 3.24. The minimum absolute atomic E-state index is 0.101. The second-order valence-corrected chi connectivity index (χ2v) is 11.1. The summed E-state index contributed by atoms with van der Waals surface area (Å²) in [6.07, 6.45) is 6.27. The van der Waals surface area contributed by atoms with Crippen LogP contribution >= 0.6 is 24.4 Å². The Kier molecular flexibility index (Phi) is 9.70. The molecule has 0 radical (unpaired) electrons. The molecule has 2 rings (SSSR count). The molecule has 0 aliphatic heterocycles. The van der Waals surface area contributed by atoms with Crippen LogP contribution in [0.5, 0.6) is 11.8 Å². The first-order chi connectivity index (χ1) is 16.2. The zero-order valence-electron chi connectivity index (χ0n) is 21.8. The van der Waals surface area contributed by atoms with Gasteiger partial charge in [0, 0.05) is 49.9 Å². The summed E-state index contributed by atoms with van der Waals surface area (Å²) in [7, 11) is 0. The normalized spacial score (nSPS) is 12.3. The molecule has 0 fully saturated rings. The number of nitrogens with zero attached hydrogens (tertiary/aromatic N) is 4. The molecule has 0 atom stereocenters. The van der Waals surface area contributed by atoms with E-state index in [4.69, 9.17) is 24.4 Å². The molecular weight excluding hydrogens is 484 g/mol. The van der Waals surface area contributed by atoms with Crippen molar-refractivity contribution in [3.8, 4) is 11.8 Å². The van der Waals surface area contributed by atoms with Crippen molar-refractivity contribution in [3.63, 3.8) is 0 Å². The first kappa shape index (κ1) is 29.0. The van der Waals surface area contributed by atoms with Gasteiger partial charge in [0.05, 0.1) is 12.4 Å². The Labute approximate surface area is 218 Å². The van der Waals surface area contributed by atoms with Crippen LogP contribution in [-0.2, 0) is 33.8 Å². The van der Waals surface area contributed by atoms with E-state index in [-0.39, 0.29) is 23.3 Å². The highest BCUT2D eigenvalue weighted by Gasteiger charge is 2.27. The van der Waals surface area contributed by atoms with Gasteiger partial charge in [-0.25, -0.2) is 0 Å². The Morgan fingerprint density at radius 2 is 1.09 bits per heavy atom. The van der Waals surface area contributed by atoms with Crippen LogP contribution in [0.3, 0.4) is 0 Å². The maximum absolute atomic E-state index is 12.5. The topological polar surface area (TPSA) is 94.3 Å². The molecule has 35 heavy (non-hydrogen) atoms. The van der Waals surface area contributed by atoms with Crippen LogP contribution in [-0.4, -0.2) is 40.0 Å². The van der Waals surface area contributed by atoms with Crippen molar-refractivity contribution < 1.29 is 19.8 Å². The fraction of sp³-hybridized carbons (Fsp3) is 0.680. The van der Waals surface area contributed by atoms with Crippen molar-refractivity contribution in [2.75, 3.05) is 0 Å². The lowest BCUT2D eigenvalue weighted by molar-refractivity contribution is -0.120. The van der Waals surface area contributed by atoms with Gasteiger partial charge in [0.1, 0.15) is 11.6 Å². The standard InChI is InChI=1S/C25H40N4O4S2/c1-7-26-16-20(32)28(22(26)34)24(3,4)14-12-18(30)10-9-11-19(31)13-15-25(5,6)29-21(33)17-27(8-2)23(29)35/h16-17,32-33H,7-15H2,1-6H3. The summed E-state index contributed by atoms with van der Waals surface area (Å²) in [6.45, 7) is 13.1. The van der Waals surface area contributed by atoms with Crippen LogP contribution in [0, 0.1) is 9.54 Å². The van der Waals surface area contributed by atoms with Crippen molar-refractivity contribution in [2.45, 2.75) is 111 Å². The third-order valence-electron chi connectivity index (χ3n) is 6.71. The molecule has 0 aliphatic carbocycles. The van der Waals surface area contributed by atoms with E-state index in [2.05, 4.69) is 0 Å². The van der Waals surface area contributed by atoms with Crippen molar-refractivity contribution in [1.29, 1.82) is 0 Å². The highest BCUT2D eigenvalue weighted by atomic mass is 32.1. The number of hydrogen-bond acceptors (Lipinski definition) is 6. The molecule has 2 aromatic heterocycles. The van der Waals surface area contributed by atoms with Crippen LogP contribution in [0.15, 0.2) is 12.4 Å². The first-order valence-electron chi connectivity index (χ1n) is 12.3. The average molecular weight is 525 g/mol. The zero-order valence-corrected chi connectivity index (χ0v) is 23.5. The summed E-state index contributed by atoms with van der Waals surface area (Å²) in [5, 5.41) is 20.6. The van der Waals surface area contributed by atoms with Gasteiger partial charge in [0.2, 0.25) is 11.8 Å². The lowest BCUT2D eigenvalue weighted by atomic mass is 9.93. The maximum Gasteiger partial charge on any atom is 0.210 e. The van der Waals surface area contributed by atoms with Gasteiger partial charge in [0.15, 0.2) is 9.54 Å². The second-order valence-electron chi connectivity index (χ2n) is 10.3. The molecule has 0 spiro atoms. The molecule has 0 amide bonds. The fourth-order valence-electron chi connectivity index (χ4n) is 4.40. The number of ketones is 2. The molecule has 0 saturated carbocycles. The number of carbonyl (C=O) groups is 2. The number of aromatic hydroxyl groups is 2. The van der Waals surface area contributed by atoms with E-state index in [1.54, 1.807) is 30.7 Å². The van der Waals surface area contributed by atoms with E-state index in [1.807, 2.05) is 41.5 Å². The molecule has 0 aromatic carbocycles. The van der Waals surface area contributed by atoms with Gasteiger partial charge in [-0.05, 0) is 85.2 Å². The number of imidazole rings is 2. The van der Waals surface area contributed by atoms with Gasteiger partial charge >= 0.3 is 0 Å². The number of hydrogen-bond donors (Lipinski definition) is 2. The molecule has 0 bridgehead atoms. The number of aryl methyl sites for hydroxylation is 2. The van der Waals surface area contributed by atoms with Crippen molar-refractivity contribution in [3.05, 3.63) is 21.9 Å². The van der Waals surface area contributed by atoms with Gasteiger partial charge < -0.3 is 19.3 Å². The molecular formula is C25H40N4O4S2. The molecule has 10 heteroatoms. The Hall–Kier alpha value is -2.20. The van der Waals surface area contributed by atoms with Crippen LogP contribution in [0.25, 0.3) is 0 Å². The predicted octanol–water partition coefficient (Wildman–Crippen LogP) is 5.84. The van der Waals surface area contributed by atoms with E-state index in [9.17, 15) is 19.8 Å². The highest BCUT2D eigenvalue weighted by molar-refractivity contribution is 7.71. The molecule has 0 unspecified atom stereocenters. The van der Waals surface area contributed by atoms with E-state index < -0.39 is 11.1 Å². The fourth-order valence-corrected chi connectivity index (χ4v) is 5.44. The Balaban J connectivity index is 1.82. The van der Waals surface area contributed by atoms with E-state index in [0.29, 0.717) is 67.6 Å². The number of rotatable bonds is 14. The molecule has 2 heterocycles. The molecule has 8 nitrogen and oxygen atoms in total. The molecule has 2 N–H and O–H groups in total. The summed E-state index contributed by atoms with van der Waals surface area (Å²) in [5.74, 6) is 0.404. The van der Waals surface area contributed by atoms with Crippen molar-refractivity contribution in [1.82, 2.24) is 18.3 Å². The number of carbonyl (C=O) groups excluding carboxylic acids is 2. The maximum atomic E-state index is 12.5. The minimum atomic E-state index is -0.498. The summed E-state index contributed by atoms with van der Waals surface area (Å²) in [4.78, 5) is 25.0. The largest absolute Gasteiger partial charge is 0.493 e. The van der Waals surface area contributed by atoms with Crippen molar-refractivity contribution >= 4 is 36.0 Å². The van der Waals surface area contributed by atoms with Gasteiger partial charge in [-0.1, -0.05) is 0 Å². The van der Waals surface area contributed by atoms with Gasteiger partial charge in [-0.15, -0.1) is 0 Å². The molecule has 0 aliphatic rings. The molecule has 196 valence electrons. The number of Topliss-reactive ketones (excluding diaryl/α,β-unsaturated/α-hetero) is 2. The molecule has 0 saturated heterocycles. The van der Waals surface area contributed by atoms with Gasteiger partial charge in [-0.2, -0.15) is 0 Å². The summed E-state index contributed by atoms with van der Waals surface area (Å²) < 4.78 is 8.08. The first-order valence-corrected chi connectivity index (χ1v) is 13.1. The second kappa shape index (κ2) is 11.7. The molecule has 2 aromatic rings. The van der Waals surface area contributed by atoms with Gasteiger partial charge in [0.25, 0.3) is 0 Å². The quantitative estimate of drug-likeness (QED) is 0.302. The third kappa shape index (κ3) is 6.94. The Bertz CT molecular complexity index is 1080. The van der Waals surface area contributed by atoms with E-state index in [0.717, 1.165) is 0 Å². The number of aromatic nitrogens is 4. The van der Waals surface area contributed by atoms with E-state index in [1.165, 1.54) is 0 Å². The van der Waals surface area contributed by atoms with Crippen LogP contribution in [0.4, 0.5) is 0 Å². The zero-order chi connectivity index (χ0) is 26.6. The van der Waals surface area contributed by atoms with E-state index >= 15 is 0 Å². The Morgan fingerprint density at radius 1 is 0.743 bits per heavy atom. The predicted molar refractivity (Wildman–Crippen MR) is 142 cm³/mol. The van der Waals surface area contributed by atoms with Crippen LogP contribution in [0.2, 0.25) is 0 Å². The minimum Gasteiger partial charge on any atom is -0.493 e. The monoisotopic (exact) mass is 524 g/mol. The van der Waals surface area contributed by atoms with Crippen molar-refractivity contribution in [2.24, 2.45) is 0 Å². The lowest BCUT2D eigenvalue weighted by Gasteiger charge is -2.27. The lowest BCUT2D eigenvalue weighted by Crippen LogP contribution is -2.27. The van der Waals surface area contributed by atoms with Crippen LogP contribution in [0.1, 0.15) is 86.5 Å². The summed E-state index contributed by atoms with van der Waals surface area (Å²) >= 11 is 10.9. The van der Waals surface area contributed by atoms with Crippen LogP contribution < -0.4 is 0 Å². The Morgan fingerprint density at radius 3 is 1.37 bits per heavy atom. The summed E-state index contributed by atoms with van der Waals surface area (Å²) in [6, 6.07) is 0. The van der Waals surface area contributed by atoms with Gasteiger partial charge in [-0.3, -0.25) is 18.7 Å². The smallest absolute Gasteiger partial charge is 0.210 e.